The van der Waals surface area contributed by atoms with Crippen molar-refractivity contribution in [2.45, 2.75) is 52.0 Å². The third-order valence-electron chi connectivity index (χ3n) is 3.37. The number of hydrogen-bond acceptors (Lipinski definition) is 3. The minimum Gasteiger partial charge on any atom is -0.387 e. The van der Waals surface area contributed by atoms with Crippen LogP contribution in [0.2, 0.25) is 0 Å². The second-order valence-electron chi connectivity index (χ2n) is 5.51. The Balaban J connectivity index is 2.76. The van der Waals surface area contributed by atoms with Crippen molar-refractivity contribution in [3.63, 3.8) is 0 Å². The van der Waals surface area contributed by atoms with E-state index in [0.29, 0.717) is 12.3 Å². The van der Waals surface area contributed by atoms with Crippen molar-refractivity contribution in [2.75, 3.05) is 12.3 Å². The molecule has 0 amide bonds. The molecule has 0 unspecified atom stereocenters. The molecule has 0 aromatic heterocycles. The Kier molecular flexibility index (Phi) is 5.59. The van der Waals surface area contributed by atoms with Crippen LogP contribution in [0.5, 0.6) is 0 Å². The van der Waals surface area contributed by atoms with E-state index < -0.39 is 10.0 Å². The molecule has 5 nitrogen and oxygen atoms in total. The maximum atomic E-state index is 12.3. The summed E-state index contributed by atoms with van der Waals surface area (Å²) in [4.78, 5) is 0. The van der Waals surface area contributed by atoms with Crippen molar-refractivity contribution in [1.82, 2.24) is 4.31 Å². The van der Waals surface area contributed by atoms with Gasteiger partial charge in [0.15, 0.2) is 0 Å². The van der Waals surface area contributed by atoms with Gasteiger partial charge in [-0.1, -0.05) is 26.7 Å². The van der Waals surface area contributed by atoms with E-state index in [2.05, 4.69) is 0 Å². The molecule has 1 aliphatic rings. The fourth-order valence-electron chi connectivity index (χ4n) is 2.32. The summed E-state index contributed by atoms with van der Waals surface area (Å²) in [7, 11) is -3.28. The van der Waals surface area contributed by atoms with Gasteiger partial charge in [0, 0.05) is 6.04 Å². The standard InChI is InChI=1S/C12H25N3O2S/c1-10(2)7-8-18(16,17)15(9-12(13)14)11-5-3-4-6-11/h10-11H,3-9H2,1-2H3,(H3,13,14). The zero-order valence-corrected chi connectivity index (χ0v) is 12.2. The van der Waals surface area contributed by atoms with E-state index in [1.807, 2.05) is 13.8 Å². The van der Waals surface area contributed by atoms with Crippen LogP contribution in [-0.4, -0.2) is 36.9 Å². The van der Waals surface area contributed by atoms with E-state index in [9.17, 15) is 8.42 Å². The normalized spacial score (nSPS) is 17.8. The molecule has 1 rings (SSSR count). The summed E-state index contributed by atoms with van der Waals surface area (Å²) in [5.41, 5.74) is 5.39. The van der Waals surface area contributed by atoms with Gasteiger partial charge in [0.25, 0.3) is 0 Å². The van der Waals surface area contributed by atoms with Gasteiger partial charge in [0.1, 0.15) is 5.84 Å². The van der Waals surface area contributed by atoms with Crippen molar-refractivity contribution in [3.8, 4) is 0 Å². The molecule has 0 saturated heterocycles. The first kappa shape index (κ1) is 15.4. The van der Waals surface area contributed by atoms with E-state index >= 15 is 0 Å². The average molecular weight is 275 g/mol. The lowest BCUT2D eigenvalue weighted by molar-refractivity contribution is 0.352. The Hall–Kier alpha value is -0.620. The van der Waals surface area contributed by atoms with Crippen LogP contribution in [0.3, 0.4) is 0 Å². The SMILES string of the molecule is CC(C)CCS(=O)(=O)N(CC(=N)N)C1CCCC1. The van der Waals surface area contributed by atoms with Gasteiger partial charge in [-0.05, 0) is 25.2 Å². The van der Waals surface area contributed by atoms with Crippen LogP contribution in [0.25, 0.3) is 0 Å². The van der Waals surface area contributed by atoms with Gasteiger partial charge in [-0.25, -0.2) is 8.42 Å². The minimum atomic E-state index is -3.28. The third-order valence-corrected chi connectivity index (χ3v) is 5.26. The highest BCUT2D eigenvalue weighted by Gasteiger charge is 2.32. The zero-order valence-electron chi connectivity index (χ0n) is 11.4. The Morgan fingerprint density at radius 3 is 2.39 bits per heavy atom. The molecule has 0 heterocycles. The molecular weight excluding hydrogens is 250 g/mol. The van der Waals surface area contributed by atoms with Crippen molar-refractivity contribution in [3.05, 3.63) is 0 Å². The lowest BCUT2D eigenvalue weighted by Gasteiger charge is -2.27. The quantitative estimate of drug-likeness (QED) is 0.546. The topological polar surface area (TPSA) is 87.2 Å². The maximum Gasteiger partial charge on any atom is 0.214 e. The molecular formula is C12H25N3O2S. The van der Waals surface area contributed by atoms with Gasteiger partial charge in [0.2, 0.25) is 10.0 Å². The minimum absolute atomic E-state index is 0.0467. The first-order valence-corrected chi connectivity index (χ1v) is 8.26. The second kappa shape index (κ2) is 6.52. The molecule has 6 heteroatoms. The fraction of sp³-hybridized carbons (Fsp3) is 0.917. The molecule has 0 radical (unpaired) electrons. The third kappa shape index (κ3) is 4.57. The van der Waals surface area contributed by atoms with E-state index in [1.54, 1.807) is 0 Å². The van der Waals surface area contributed by atoms with E-state index in [-0.39, 0.29) is 24.2 Å². The predicted molar refractivity (Wildman–Crippen MR) is 74.1 cm³/mol. The molecule has 1 fully saturated rings. The largest absolute Gasteiger partial charge is 0.387 e. The van der Waals surface area contributed by atoms with Crippen LogP contribution < -0.4 is 5.73 Å². The number of amidine groups is 1. The second-order valence-corrected chi connectivity index (χ2v) is 7.55. The van der Waals surface area contributed by atoms with Crippen molar-refractivity contribution < 1.29 is 8.42 Å². The van der Waals surface area contributed by atoms with Gasteiger partial charge >= 0.3 is 0 Å². The number of sulfonamides is 1. The summed E-state index contributed by atoms with van der Waals surface area (Å²) >= 11 is 0. The maximum absolute atomic E-state index is 12.3. The molecule has 1 aliphatic carbocycles. The van der Waals surface area contributed by atoms with Crippen LogP contribution in [0.1, 0.15) is 46.0 Å². The summed E-state index contributed by atoms with van der Waals surface area (Å²) in [6.07, 6.45) is 4.59. The molecule has 0 atom stereocenters. The smallest absolute Gasteiger partial charge is 0.214 e. The first-order valence-electron chi connectivity index (χ1n) is 6.65. The number of nitrogens with zero attached hydrogens (tertiary/aromatic N) is 1. The Morgan fingerprint density at radius 2 is 1.94 bits per heavy atom. The number of nitrogens with one attached hydrogen (secondary N) is 1. The van der Waals surface area contributed by atoms with Crippen LogP contribution in [0.4, 0.5) is 0 Å². The molecule has 0 aromatic rings. The monoisotopic (exact) mass is 275 g/mol. The van der Waals surface area contributed by atoms with Gasteiger partial charge < -0.3 is 5.73 Å². The van der Waals surface area contributed by atoms with Gasteiger partial charge in [-0.3, -0.25) is 5.41 Å². The number of rotatable bonds is 7. The van der Waals surface area contributed by atoms with E-state index in [4.69, 9.17) is 11.1 Å². The summed E-state index contributed by atoms with van der Waals surface area (Å²) in [5.74, 6) is 0.451. The summed E-state index contributed by atoms with van der Waals surface area (Å²) in [5, 5.41) is 7.36. The number of hydrogen-bond donors (Lipinski definition) is 2. The Labute approximate surface area is 110 Å². The zero-order chi connectivity index (χ0) is 13.8. The molecule has 0 bridgehead atoms. The molecule has 1 saturated carbocycles. The Bertz CT molecular complexity index is 373. The molecule has 0 aliphatic heterocycles. The van der Waals surface area contributed by atoms with Crippen molar-refractivity contribution in [2.24, 2.45) is 11.7 Å². The van der Waals surface area contributed by atoms with E-state index in [1.165, 1.54) is 4.31 Å². The fourth-order valence-corrected chi connectivity index (χ4v) is 4.32. The first-order chi connectivity index (χ1) is 8.33. The van der Waals surface area contributed by atoms with Gasteiger partial charge in [-0.15, -0.1) is 0 Å². The molecule has 3 N–H and O–H groups in total. The summed E-state index contributed by atoms with van der Waals surface area (Å²) in [6, 6.07) is 0.0473. The predicted octanol–water partition coefficient (Wildman–Crippen LogP) is 1.54. The molecule has 106 valence electrons. The van der Waals surface area contributed by atoms with Gasteiger partial charge in [0.05, 0.1) is 12.3 Å². The molecule has 0 aromatic carbocycles. The van der Waals surface area contributed by atoms with Crippen LogP contribution in [0, 0.1) is 11.3 Å². The average Bonchev–Trinajstić information content (AvgIpc) is 2.76. The summed E-state index contributed by atoms with van der Waals surface area (Å²) < 4.78 is 26.1. The molecule has 0 spiro atoms. The lowest BCUT2D eigenvalue weighted by Crippen LogP contribution is -2.45. The lowest BCUT2D eigenvalue weighted by atomic mass is 10.2. The van der Waals surface area contributed by atoms with Crippen LogP contribution in [0.15, 0.2) is 0 Å². The van der Waals surface area contributed by atoms with Gasteiger partial charge in [-0.2, -0.15) is 4.31 Å². The van der Waals surface area contributed by atoms with Crippen molar-refractivity contribution in [1.29, 1.82) is 5.41 Å². The van der Waals surface area contributed by atoms with Crippen molar-refractivity contribution >= 4 is 15.9 Å². The summed E-state index contributed by atoms with van der Waals surface area (Å²) in [6.45, 7) is 4.08. The Morgan fingerprint density at radius 1 is 1.39 bits per heavy atom. The van der Waals surface area contributed by atoms with Crippen LogP contribution >= 0.6 is 0 Å². The molecule has 18 heavy (non-hydrogen) atoms. The highest BCUT2D eigenvalue weighted by atomic mass is 32.2. The number of nitrogens with two attached hydrogens (primary N) is 1. The van der Waals surface area contributed by atoms with E-state index in [0.717, 1.165) is 25.7 Å². The van der Waals surface area contributed by atoms with Crippen LogP contribution in [-0.2, 0) is 10.0 Å². The highest BCUT2D eigenvalue weighted by molar-refractivity contribution is 7.89. The highest BCUT2D eigenvalue weighted by Crippen LogP contribution is 2.26.